The number of rotatable bonds is 6. The summed E-state index contributed by atoms with van der Waals surface area (Å²) >= 11 is 0. The maximum absolute atomic E-state index is 5.10. The molecule has 1 saturated carbocycles. The van der Waals surface area contributed by atoms with Gasteiger partial charge in [-0.2, -0.15) is 0 Å². The molecule has 0 saturated heterocycles. The molecule has 0 amide bonds. The number of hydrogen-bond donors (Lipinski definition) is 0. The van der Waals surface area contributed by atoms with Crippen LogP contribution in [0.15, 0.2) is 146 Å². The average Bonchev–Trinajstić information content (AvgIpc) is 3.49. The predicted molar refractivity (Wildman–Crippen MR) is 242 cm³/mol. The Labute approximate surface area is 368 Å². The Morgan fingerprint density at radius 3 is 1.90 bits per heavy atom. The van der Waals surface area contributed by atoms with Crippen molar-refractivity contribution in [3.63, 3.8) is 0 Å². The van der Waals surface area contributed by atoms with E-state index in [4.69, 9.17) is 19.9 Å². The molecule has 6 aromatic carbocycles. The van der Waals surface area contributed by atoms with Gasteiger partial charge in [0.05, 0.1) is 0 Å². The summed E-state index contributed by atoms with van der Waals surface area (Å²) in [5, 5.41) is 2.53. The van der Waals surface area contributed by atoms with E-state index in [0.29, 0.717) is 23.5 Å². The average molecular weight is 958 g/mol. The van der Waals surface area contributed by atoms with Gasteiger partial charge in [-0.1, -0.05) is 180 Å². The molecule has 0 aliphatic heterocycles. The van der Waals surface area contributed by atoms with Crippen LogP contribution < -0.4 is 0 Å². The number of aromatic nitrogens is 4. The van der Waals surface area contributed by atoms with Gasteiger partial charge in [-0.15, -0.1) is 29.3 Å². The van der Waals surface area contributed by atoms with Crippen LogP contribution in [0.4, 0.5) is 0 Å². The van der Waals surface area contributed by atoms with Crippen molar-refractivity contribution in [2.75, 3.05) is 0 Å². The third-order valence-electron chi connectivity index (χ3n) is 12.8. The fraction of sp³-hybridized carbons (Fsp3) is 0.236. The molecule has 299 valence electrons. The second-order valence-corrected chi connectivity index (χ2v) is 18.1. The largest absolute Gasteiger partial charge is 0.304 e. The second-order valence-electron chi connectivity index (χ2n) is 18.1. The van der Waals surface area contributed by atoms with E-state index in [1.165, 1.54) is 75.4 Å². The Bertz CT molecular complexity index is 2860. The van der Waals surface area contributed by atoms with Gasteiger partial charge >= 0.3 is 0 Å². The maximum atomic E-state index is 5.10. The topological polar surface area (TPSA) is 51.6 Å². The number of fused-ring (bicyclic) bond motifs is 4. The first kappa shape index (κ1) is 39.8. The smallest absolute Gasteiger partial charge is 0.165 e. The predicted octanol–water partition coefficient (Wildman–Crippen LogP) is 13.9. The normalized spacial score (nSPS) is 16.8. The molecule has 0 N–H and O–H groups in total. The third-order valence-corrected chi connectivity index (χ3v) is 12.8. The molecule has 0 bridgehead atoms. The first-order chi connectivity index (χ1) is 28.6. The van der Waals surface area contributed by atoms with Crippen molar-refractivity contribution in [1.82, 2.24) is 19.9 Å². The third kappa shape index (κ3) is 7.33. The van der Waals surface area contributed by atoms with Crippen molar-refractivity contribution in [3.8, 4) is 56.3 Å². The SMILES string of the molecule is CC(C)(C)c1nc(-c2ccc(-c3[c-]cc4c(c3)C(C)(C)c3cc5ccccc5cc3-4)nc2)nc(-c2cccc(-c3cccc(C4CCCCC4c4ccccc4)c3)c2)n1.[Ir]. The van der Waals surface area contributed by atoms with E-state index >= 15 is 0 Å². The molecule has 8 aromatic rings. The van der Waals surface area contributed by atoms with Gasteiger partial charge < -0.3 is 4.98 Å². The van der Waals surface area contributed by atoms with Gasteiger partial charge in [-0.3, -0.25) is 0 Å². The molecule has 1 fully saturated rings. The summed E-state index contributed by atoms with van der Waals surface area (Å²) < 4.78 is 0. The van der Waals surface area contributed by atoms with Crippen molar-refractivity contribution in [2.45, 2.75) is 83.0 Å². The number of nitrogens with zero attached hydrogens (tertiary/aromatic N) is 4. The first-order valence-electron chi connectivity index (χ1n) is 21.2. The summed E-state index contributed by atoms with van der Waals surface area (Å²) in [6.07, 6.45) is 6.93. The molecule has 2 unspecified atom stereocenters. The number of benzene rings is 6. The Balaban J connectivity index is 0.00000462. The quantitative estimate of drug-likeness (QED) is 0.156. The summed E-state index contributed by atoms with van der Waals surface area (Å²) in [6, 6.07) is 54.4. The van der Waals surface area contributed by atoms with Crippen LogP contribution in [-0.4, -0.2) is 19.9 Å². The van der Waals surface area contributed by atoms with Gasteiger partial charge in [0.15, 0.2) is 11.6 Å². The van der Waals surface area contributed by atoms with Crippen molar-refractivity contribution in [3.05, 3.63) is 180 Å². The monoisotopic (exact) mass is 958 g/mol. The molecular weight excluding hydrogens is 909 g/mol. The van der Waals surface area contributed by atoms with Crippen LogP contribution in [0.2, 0.25) is 0 Å². The molecule has 2 atom stereocenters. The van der Waals surface area contributed by atoms with Gasteiger partial charge in [-0.05, 0) is 80.4 Å². The fourth-order valence-corrected chi connectivity index (χ4v) is 9.58. The minimum atomic E-state index is -0.281. The molecule has 2 aliphatic rings. The summed E-state index contributed by atoms with van der Waals surface area (Å²) in [7, 11) is 0. The summed E-state index contributed by atoms with van der Waals surface area (Å²) in [5.41, 5.74) is 13.7. The zero-order chi connectivity index (χ0) is 40.3. The Hall–Kier alpha value is -5.61. The standard InChI is InChI=1S/C55H49N4.Ir/c1-54(2,3)53-58-51(42-22-14-20-37(30-42)36-19-13-21-40(29-36)45-24-12-11-23-44(45)35-15-7-6-8-16-35)57-52(59-53)43-26-28-50(56-34-43)41-25-27-46-47-31-38-17-9-10-18-39(38)32-49(47)55(4,5)48(46)33-41;/h6-10,13-22,26-34,44-45H,11-12,23-24H2,1-5H3;/q-1;. The van der Waals surface area contributed by atoms with E-state index in [1.807, 2.05) is 6.20 Å². The summed E-state index contributed by atoms with van der Waals surface area (Å²) in [5.74, 6) is 3.10. The first-order valence-corrected chi connectivity index (χ1v) is 21.2. The fourth-order valence-electron chi connectivity index (χ4n) is 9.58. The van der Waals surface area contributed by atoms with Crippen LogP contribution in [-0.2, 0) is 30.9 Å². The molecule has 60 heavy (non-hydrogen) atoms. The summed E-state index contributed by atoms with van der Waals surface area (Å²) in [6.45, 7) is 11.1. The molecule has 0 spiro atoms. The van der Waals surface area contributed by atoms with E-state index in [9.17, 15) is 0 Å². The van der Waals surface area contributed by atoms with E-state index in [-0.39, 0.29) is 30.9 Å². The van der Waals surface area contributed by atoms with Gasteiger partial charge in [-0.25, -0.2) is 15.0 Å². The van der Waals surface area contributed by atoms with Crippen LogP contribution in [0.1, 0.15) is 100 Å². The van der Waals surface area contributed by atoms with Gasteiger partial charge in [0.25, 0.3) is 0 Å². The Morgan fingerprint density at radius 2 is 1.18 bits per heavy atom. The Morgan fingerprint density at radius 1 is 0.567 bits per heavy atom. The van der Waals surface area contributed by atoms with Crippen LogP contribution in [0.25, 0.3) is 67.1 Å². The van der Waals surface area contributed by atoms with E-state index in [1.54, 1.807) is 0 Å². The maximum Gasteiger partial charge on any atom is 0.165 e. The Kier molecular flexibility index (Phi) is 10.5. The van der Waals surface area contributed by atoms with E-state index < -0.39 is 0 Å². The van der Waals surface area contributed by atoms with E-state index in [2.05, 4.69) is 180 Å². The molecule has 2 aromatic heterocycles. The zero-order valence-corrected chi connectivity index (χ0v) is 37.4. The van der Waals surface area contributed by atoms with E-state index in [0.717, 1.165) is 33.8 Å². The van der Waals surface area contributed by atoms with Crippen molar-refractivity contribution in [1.29, 1.82) is 0 Å². The minimum Gasteiger partial charge on any atom is -0.304 e. The molecule has 1 radical (unpaired) electrons. The van der Waals surface area contributed by atoms with Crippen LogP contribution in [0.5, 0.6) is 0 Å². The number of pyridine rings is 1. The molecule has 4 nitrogen and oxygen atoms in total. The molecule has 5 heteroatoms. The van der Waals surface area contributed by atoms with Crippen molar-refractivity contribution < 1.29 is 20.1 Å². The molecule has 10 rings (SSSR count). The summed E-state index contributed by atoms with van der Waals surface area (Å²) in [4.78, 5) is 20.2. The molecule has 2 aliphatic carbocycles. The minimum absolute atomic E-state index is 0. The number of hydrogen-bond acceptors (Lipinski definition) is 4. The van der Waals surface area contributed by atoms with Crippen molar-refractivity contribution >= 4 is 10.8 Å². The van der Waals surface area contributed by atoms with Crippen LogP contribution in [0, 0.1) is 6.07 Å². The van der Waals surface area contributed by atoms with Crippen molar-refractivity contribution in [2.24, 2.45) is 0 Å². The molecular formula is C55H49IrN4-. The zero-order valence-electron chi connectivity index (χ0n) is 35.0. The van der Waals surface area contributed by atoms with Gasteiger partial charge in [0.1, 0.15) is 5.82 Å². The van der Waals surface area contributed by atoms with Gasteiger partial charge in [0.2, 0.25) is 0 Å². The van der Waals surface area contributed by atoms with Gasteiger partial charge in [0, 0.05) is 42.8 Å². The second kappa shape index (κ2) is 15.8. The van der Waals surface area contributed by atoms with Crippen LogP contribution in [0.3, 0.4) is 0 Å². The molecule has 2 heterocycles. The van der Waals surface area contributed by atoms with Crippen LogP contribution >= 0.6 is 0 Å².